The van der Waals surface area contributed by atoms with Gasteiger partial charge in [-0.05, 0) is 24.6 Å². The summed E-state index contributed by atoms with van der Waals surface area (Å²) in [5.41, 5.74) is 0.439. The maximum atomic E-state index is 13.8. The van der Waals surface area contributed by atoms with Gasteiger partial charge in [0.25, 0.3) is 0 Å². The van der Waals surface area contributed by atoms with Crippen LogP contribution in [0, 0.1) is 17.7 Å². The van der Waals surface area contributed by atoms with Crippen molar-refractivity contribution in [1.29, 1.82) is 0 Å². The van der Waals surface area contributed by atoms with Gasteiger partial charge in [-0.15, -0.1) is 0 Å². The molecule has 1 unspecified atom stereocenters. The minimum Gasteiger partial charge on any atom is -0.384 e. The summed E-state index contributed by atoms with van der Waals surface area (Å²) in [5, 5.41) is 13.5. The van der Waals surface area contributed by atoms with Crippen molar-refractivity contribution in [3.05, 3.63) is 29.6 Å². The van der Waals surface area contributed by atoms with E-state index in [1.165, 1.54) is 18.2 Å². The first-order valence-electron chi connectivity index (χ1n) is 6.09. The molecule has 0 bridgehead atoms. The van der Waals surface area contributed by atoms with Gasteiger partial charge in [0.05, 0.1) is 5.69 Å². The normalized spacial score (nSPS) is 17.1. The number of rotatable bonds is 2. The number of hydrogen-bond acceptors (Lipinski definition) is 3. The summed E-state index contributed by atoms with van der Waals surface area (Å²) in [4.78, 5) is 22.8. The van der Waals surface area contributed by atoms with Gasteiger partial charge in [-0.2, -0.15) is 0 Å². The molecule has 6 heteroatoms. The molecule has 0 aromatic heterocycles. The van der Waals surface area contributed by atoms with E-state index in [9.17, 15) is 14.0 Å². The Kier molecular flexibility index (Phi) is 4.33. The molecular weight excluding hydrogens is 263 g/mol. The lowest BCUT2D eigenvalue weighted by molar-refractivity contribution is -0.122. The van der Waals surface area contributed by atoms with Crippen LogP contribution >= 0.6 is 0 Å². The lowest BCUT2D eigenvalue weighted by Gasteiger charge is -2.11. The van der Waals surface area contributed by atoms with Crippen LogP contribution in [0.2, 0.25) is 0 Å². The Morgan fingerprint density at radius 1 is 1.55 bits per heavy atom. The van der Waals surface area contributed by atoms with Crippen molar-refractivity contribution in [3.8, 4) is 11.8 Å². The average Bonchev–Trinajstić information content (AvgIpc) is 2.86. The number of halogens is 1. The summed E-state index contributed by atoms with van der Waals surface area (Å²) in [6.45, 7) is -0.304. The van der Waals surface area contributed by atoms with E-state index in [1.54, 1.807) is 0 Å². The van der Waals surface area contributed by atoms with E-state index >= 15 is 0 Å². The summed E-state index contributed by atoms with van der Waals surface area (Å²) in [6.07, 6.45) is 0.711. The third-order valence-electron chi connectivity index (χ3n) is 2.85. The molecule has 1 heterocycles. The smallest absolute Gasteiger partial charge is 0.247 e. The van der Waals surface area contributed by atoms with Crippen LogP contribution < -0.4 is 10.6 Å². The third kappa shape index (κ3) is 3.33. The zero-order valence-electron chi connectivity index (χ0n) is 10.6. The van der Waals surface area contributed by atoms with Gasteiger partial charge in [0, 0.05) is 12.0 Å². The van der Waals surface area contributed by atoms with Crippen molar-refractivity contribution in [3.63, 3.8) is 0 Å². The van der Waals surface area contributed by atoms with Gasteiger partial charge in [0.2, 0.25) is 11.8 Å². The van der Waals surface area contributed by atoms with E-state index in [2.05, 4.69) is 22.5 Å². The minimum absolute atomic E-state index is 0.0331. The molecule has 5 nitrogen and oxygen atoms in total. The van der Waals surface area contributed by atoms with E-state index in [4.69, 9.17) is 5.11 Å². The molecule has 0 spiro atoms. The third-order valence-corrected chi connectivity index (χ3v) is 2.85. The van der Waals surface area contributed by atoms with Gasteiger partial charge >= 0.3 is 0 Å². The SMILES string of the molecule is O=C1CCC(C(=O)Nc2ccc(C#CCO)cc2F)N1. The molecular formula is C14H13FN2O3. The number of hydrogen-bond donors (Lipinski definition) is 3. The fourth-order valence-corrected chi connectivity index (χ4v) is 1.87. The topological polar surface area (TPSA) is 78.4 Å². The molecule has 1 fully saturated rings. The van der Waals surface area contributed by atoms with E-state index in [-0.39, 0.29) is 18.2 Å². The fraction of sp³-hybridized carbons (Fsp3) is 0.286. The highest BCUT2D eigenvalue weighted by atomic mass is 19.1. The molecule has 1 aliphatic rings. The van der Waals surface area contributed by atoms with Crippen LogP contribution in [0.5, 0.6) is 0 Å². The molecule has 20 heavy (non-hydrogen) atoms. The van der Waals surface area contributed by atoms with Gasteiger partial charge in [-0.3, -0.25) is 9.59 Å². The number of carbonyl (C=O) groups is 2. The largest absolute Gasteiger partial charge is 0.384 e. The molecule has 104 valence electrons. The van der Waals surface area contributed by atoms with Crippen LogP contribution in [-0.4, -0.2) is 29.6 Å². The summed E-state index contributed by atoms with van der Waals surface area (Å²) >= 11 is 0. The second kappa shape index (κ2) is 6.17. The first-order valence-corrected chi connectivity index (χ1v) is 6.09. The van der Waals surface area contributed by atoms with Crippen molar-refractivity contribution < 1.29 is 19.1 Å². The zero-order valence-corrected chi connectivity index (χ0v) is 10.6. The molecule has 0 aliphatic carbocycles. The van der Waals surface area contributed by atoms with E-state index in [0.29, 0.717) is 18.4 Å². The van der Waals surface area contributed by atoms with Crippen LogP contribution in [0.4, 0.5) is 10.1 Å². The Balaban J connectivity index is 2.06. The maximum absolute atomic E-state index is 13.8. The van der Waals surface area contributed by atoms with Crippen LogP contribution in [0.25, 0.3) is 0 Å². The molecule has 1 atom stereocenters. The molecule has 2 rings (SSSR count). The zero-order chi connectivity index (χ0) is 14.5. The fourth-order valence-electron chi connectivity index (χ4n) is 1.87. The summed E-state index contributed by atoms with van der Waals surface area (Å²) in [7, 11) is 0. The monoisotopic (exact) mass is 276 g/mol. The quantitative estimate of drug-likeness (QED) is 0.684. The first kappa shape index (κ1) is 14.0. The highest BCUT2D eigenvalue weighted by Gasteiger charge is 2.27. The van der Waals surface area contributed by atoms with Crippen LogP contribution in [0.1, 0.15) is 18.4 Å². The first-order chi connectivity index (χ1) is 9.60. The van der Waals surface area contributed by atoms with Gasteiger partial charge in [0.1, 0.15) is 18.5 Å². The Morgan fingerprint density at radius 3 is 2.95 bits per heavy atom. The van der Waals surface area contributed by atoms with Crippen molar-refractivity contribution in [2.75, 3.05) is 11.9 Å². The summed E-state index contributed by atoms with van der Waals surface area (Å²) in [6, 6.07) is 3.49. The standard InChI is InChI=1S/C14H13FN2O3/c15-10-8-9(2-1-7-18)3-4-11(10)17-14(20)12-5-6-13(19)16-12/h3-4,8,12,18H,5-7H2,(H,16,19)(H,17,20). The van der Waals surface area contributed by atoms with Crippen molar-refractivity contribution in [2.45, 2.75) is 18.9 Å². The number of amides is 2. The maximum Gasteiger partial charge on any atom is 0.247 e. The Bertz CT molecular complexity index is 604. The average molecular weight is 276 g/mol. The Morgan fingerprint density at radius 2 is 2.35 bits per heavy atom. The predicted octanol–water partition coefficient (Wildman–Crippen LogP) is 0.387. The molecule has 1 aliphatic heterocycles. The molecule has 0 saturated carbocycles. The van der Waals surface area contributed by atoms with E-state index < -0.39 is 17.8 Å². The molecule has 0 radical (unpaired) electrons. The number of nitrogens with one attached hydrogen (secondary N) is 2. The highest BCUT2D eigenvalue weighted by molar-refractivity contribution is 5.99. The summed E-state index contributed by atoms with van der Waals surface area (Å²) < 4.78 is 13.8. The lowest BCUT2D eigenvalue weighted by Crippen LogP contribution is -2.37. The molecule has 1 saturated heterocycles. The highest BCUT2D eigenvalue weighted by Crippen LogP contribution is 2.17. The lowest BCUT2D eigenvalue weighted by atomic mass is 10.1. The number of anilines is 1. The molecule has 1 aromatic rings. The number of aliphatic hydroxyl groups excluding tert-OH is 1. The van der Waals surface area contributed by atoms with Gasteiger partial charge in [0.15, 0.2) is 0 Å². The summed E-state index contributed by atoms with van der Waals surface area (Å²) in [5.74, 6) is 3.73. The number of carbonyl (C=O) groups excluding carboxylic acids is 2. The van der Waals surface area contributed by atoms with E-state index in [0.717, 1.165) is 0 Å². The van der Waals surface area contributed by atoms with Gasteiger partial charge in [-0.1, -0.05) is 11.8 Å². The van der Waals surface area contributed by atoms with Crippen molar-refractivity contribution >= 4 is 17.5 Å². The van der Waals surface area contributed by atoms with Crippen LogP contribution in [-0.2, 0) is 9.59 Å². The predicted molar refractivity (Wildman–Crippen MR) is 70.2 cm³/mol. The van der Waals surface area contributed by atoms with Gasteiger partial charge in [-0.25, -0.2) is 4.39 Å². The Hall–Kier alpha value is -2.39. The molecule has 1 aromatic carbocycles. The number of aliphatic hydroxyl groups is 1. The van der Waals surface area contributed by atoms with Crippen LogP contribution in [0.3, 0.4) is 0 Å². The second-order valence-corrected chi connectivity index (χ2v) is 4.30. The molecule has 2 amide bonds. The van der Waals surface area contributed by atoms with Crippen molar-refractivity contribution in [2.24, 2.45) is 0 Å². The van der Waals surface area contributed by atoms with Crippen LogP contribution in [0.15, 0.2) is 18.2 Å². The van der Waals surface area contributed by atoms with Crippen molar-refractivity contribution in [1.82, 2.24) is 5.32 Å². The Labute approximate surface area is 115 Å². The van der Waals surface area contributed by atoms with E-state index in [1.807, 2.05) is 0 Å². The number of benzene rings is 1. The van der Waals surface area contributed by atoms with Gasteiger partial charge < -0.3 is 15.7 Å². The minimum atomic E-state index is -0.618. The second-order valence-electron chi connectivity index (χ2n) is 4.30. The molecule has 3 N–H and O–H groups in total.